The van der Waals surface area contributed by atoms with E-state index < -0.39 is 23.9 Å². The monoisotopic (exact) mass is 396 g/mol. The third-order valence-corrected chi connectivity index (χ3v) is 0. The van der Waals surface area contributed by atoms with Gasteiger partial charge in [-0.05, 0) is 0 Å². The molecule has 0 aromatic heterocycles. The van der Waals surface area contributed by atoms with Gasteiger partial charge in [0.15, 0.2) is 0 Å². The van der Waals surface area contributed by atoms with Crippen molar-refractivity contribution in [2.75, 3.05) is 0 Å². The fraction of sp³-hybridized carbons (Fsp3) is 0.500. The van der Waals surface area contributed by atoms with Gasteiger partial charge in [-0.25, -0.2) is 0 Å². The average Bonchev–Trinajstić information content (AvgIpc) is 1.76. The topological polar surface area (TPSA) is 149 Å². The van der Waals surface area contributed by atoms with Gasteiger partial charge in [0.25, 0.3) is 23.9 Å². The molecule has 0 aliphatic carbocycles. The third kappa shape index (κ3) is 871. The first-order valence-corrected chi connectivity index (χ1v) is 3.71. The fourth-order valence-corrected chi connectivity index (χ4v) is 0. The average molecular weight is 397 g/mol. The number of aliphatic carboxylic acids is 4. The van der Waals surface area contributed by atoms with E-state index in [0.29, 0.717) is 0 Å². The summed E-state index contributed by atoms with van der Waals surface area (Å²) in [5.41, 5.74) is 0. The summed E-state index contributed by atoms with van der Waals surface area (Å²) in [7, 11) is 0. The molecular weight excluding hydrogens is 374 g/mol. The minimum absolute atomic E-state index is 0. The molecule has 0 bridgehead atoms. The summed E-state index contributed by atoms with van der Waals surface area (Å²) in [5, 5.41) is 29.7. The van der Waals surface area contributed by atoms with Crippen LogP contribution in [0.4, 0.5) is 0 Å². The van der Waals surface area contributed by atoms with Crippen molar-refractivity contribution < 1.29 is 160 Å². The molecule has 0 rings (SSSR count). The smallest absolute Gasteiger partial charge is 1.00 e. The molecule has 0 saturated carbocycles. The second kappa shape index (κ2) is 49.5. The minimum Gasteiger partial charge on any atom is -1.00 e. The summed E-state index contributed by atoms with van der Waals surface area (Å²) < 4.78 is 0. The Morgan fingerprint density at radius 1 is 0.619 bits per heavy atom. The Morgan fingerprint density at radius 2 is 0.619 bits per heavy atom. The SMILES string of the molecule is CC(=O)O.CC(=O)O.CC(=O)O.CC(=O)O.[Ca+2].[H-].[H-].[H-].[H-].[H-].[H-].[H-].[K+].[Mg+2].[Na+].[Na+]. The normalized spacial score (nSPS) is 4.76. The molecule has 13 heteroatoms. The Hall–Kier alpha value is 3.54. The summed E-state index contributed by atoms with van der Waals surface area (Å²) in [6, 6.07) is 0. The maximum Gasteiger partial charge on any atom is 2.00 e. The number of hydrogen-bond donors (Lipinski definition) is 4. The van der Waals surface area contributed by atoms with E-state index in [1.165, 1.54) is 0 Å². The van der Waals surface area contributed by atoms with Crippen LogP contribution < -0.4 is 110 Å². The van der Waals surface area contributed by atoms with Gasteiger partial charge in [-0.3, -0.25) is 19.2 Å². The molecule has 110 valence electrons. The maximum atomic E-state index is 9.00. The molecule has 0 unspecified atom stereocenters. The van der Waals surface area contributed by atoms with Gasteiger partial charge in [-0.2, -0.15) is 0 Å². The number of carboxylic acid groups (broad SMARTS) is 4. The second-order valence-electron chi connectivity index (χ2n) is 2.08. The van der Waals surface area contributed by atoms with Crippen molar-refractivity contribution in [3.05, 3.63) is 0 Å². The molecule has 0 atom stereocenters. The first kappa shape index (κ1) is 56.3. The number of carboxylic acids is 4. The van der Waals surface area contributed by atoms with Crippen LogP contribution in [0.25, 0.3) is 0 Å². The van der Waals surface area contributed by atoms with Crippen molar-refractivity contribution in [2.45, 2.75) is 27.7 Å². The van der Waals surface area contributed by atoms with Crippen molar-refractivity contribution in [1.29, 1.82) is 0 Å². The summed E-state index contributed by atoms with van der Waals surface area (Å²) in [6.07, 6.45) is 0. The van der Waals surface area contributed by atoms with E-state index in [4.69, 9.17) is 39.6 Å². The molecule has 8 nitrogen and oxygen atoms in total. The van der Waals surface area contributed by atoms with Crippen LogP contribution in [0.15, 0.2) is 0 Å². The molecule has 0 radical (unpaired) electrons. The van der Waals surface area contributed by atoms with E-state index in [2.05, 4.69) is 0 Å². The molecule has 0 aromatic carbocycles. The number of carbonyl (C=O) groups is 4. The minimum atomic E-state index is -0.833. The van der Waals surface area contributed by atoms with E-state index >= 15 is 0 Å². The Balaban J connectivity index is -0.00000000429. The van der Waals surface area contributed by atoms with Gasteiger partial charge in [0.2, 0.25) is 0 Å². The summed E-state index contributed by atoms with van der Waals surface area (Å²) in [6.45, 7) is 4.33. The zero-order valence-corrected chi connectivity index (χ0v) is 24.6. The molecule has 0 heterocycles. The van der Waals surface area contributed by atoms with Crippen LogP contribution in [0.1, 0.15) is 37.7 Å². The Bertz CT molecular complexity index is 205. The zero-order valence-electron chi connectivity index (χ0n) is 20.8. The molecule has 4 N–H and O–H groups in total. The van der Waals surface area contributed by atoms with Gasteiger partial charge in [0, 0.05) is 27.7 Å². The van der Waals surface area contributed by atoms with E-state index in [1.54, 1.807) is 0 Å². The predicted octanol–water partition coefficient (Wildman–Crippen LogP) is -8.60. The van der Waals surface area contributed by atoms with Gasteiger partial charge >= 0.3 is 171 Å². The van der Waals surface area contributed by atoms with Crippen LogP contribution in [0, 0.1) is 0 Å². The molecule has 0 saturated heterocycles. The van der Waals surface area contributed by atoms with E-state index in [1.807, 2.05) is 0 Å². The van der Waals surface area contributed by atoms with E-state index in [0.717, 1.165) is 27.7 Å². The van der Waals surface area contributed by atoms with Crippen LogP contribution in [-0.2, 0) is 19.2 Å². The summed E-state index contributed by atoms with van der Waals surface area (Å²) in [4.78, 5) is 36.0. The van der Waals surface area contributed by atoms with Crippen LogP contribution in [0.2, 0.25) is 0 Å². The van der Waals surface area contributed by atoms with Gasteiger partial charge < -0.3 is 30.4 Å². The third-order valence-electron chi connectivity index (χ3n) is 0. The molecule has 0 fully saturated rings. The van der Waals surface area contributed by atoms with Crippen molar-refractivity contribution in [3.63, 3.8) is 0 Å². The van der Waals surface area contributed by atoms with Crippen molar-refractivity contribution in [2.24, 2.45) is 0 Å². The van der Waals surface area contributed by atoms with Crippen molar-refractivity contribution in [3.8, 4) is 0 Å². The summed E-state index contributed by atoms with van der Waals surface area (Å²) >= 11 is 0. The van der Waals surface area contributed by atoms with Gasteiger partial charge in [0.1, 0.15) is 0 Å². The van der Waals surface area contributed by atoms with Crippen molar-refractivity contribution in [1.82, 2.24) is 0 Å². The van der Waals surface area contributed by atoms with Gasteiger partial charge in [-0.15, -0.1) is 0 Å². The first-order valence-electron chi connectivity index (χ1n) is 3.71. The second-order valence-corrected chi connectivity index (χ2v) is 2.08. The fourth-order valence-electron chi connectivity index (χ4n) is 0. The standard InChI is InChI=1S/4C2H4O2.Ca.K.Mg.2Na.7H/c4*1-2(3)4;;;;;;;;;;;;/h4*1H3,(H,3,4);;;;;;;;;;;;/q;;;;+2;+1;+2;2*+1;7*-1. The van der Waals surface area contributed by atoms with Crippen LogP contribution in [0.3, 0.4) is 0 Å². The Morgan fingerprint density at radius 3 is 0.619 bits per heavy atom. The molecule has 0 amide bonds. The van der Waals surface area contributed by atoms with Gasteiger partial charge in [0.05, 0.1) is 0 Å². The maximum absolute atomic E-state index is 9.00. The molecular formula is C8H23CaKMgNa2O8. The molecule has 0 aliphatic rings. The molecule has 0 spiro atoms. The van der Waals surface area contributed by atoms with Crippen LogP contribution in [-0.4, -0.2) is 105 Å². The van der Waals surface area contributed by atoms with E-state index in [-0.39, 0.29) is 181 Å². The van der Waals surface area contributed by atoms with Crippen LogP contribution >= 0.6 is 0 Å². The van der Waals surface area contributed by atoms with Gasteiger partial charge in [-0.1, -0.05) is 0 Å². The Kier molecular flexibility index (Phi) is 133. The Labute approximate surface area is 267 Å². The number of rotatable bonds is 0. The molecule has 0 aliphatic heterocycles. The summed E-state index contributed by atoms with van der Waals surface area (Å²) in [5.74, 6) is -3.33. The molecule has 0 aromatic rings. The molecule has 21 heavy (non-hydrogen) atoms. The van der Waals surface area contributed by atoms with E-state index in [9.17, 15) is 0 Å². The quantitative estimate of drug-likeness (QED) is 0.295. The largest absolute Gasteiger partial charge is 2.00 e. The predicted molar refractivity (Wildman–Crippen MR) is 72.5 cm³/mol. The zero-order chi connectivity index (χ0) is 14.3. The van der Waals surface area contributed by atoms with Crippen molar-refractivity contribution >= 4 is 84.7 Å². The van der Waals surface area contributed by atoms with Crippen LogP contribution in [0.5, 0.6) is 0 Å². The number of hydrogen-bond acceptors (Lipinski definition) is 4. The first-order chi connectivity index (χ1) is 6.93.